The lowest BCUT2D eigenvalue weighted by molar-refractivity contribution is -0.0800. The number of hydrogen-bond donors (Lipinski definition) is 2. The summed E-state index contributed by atoms with van der Waals surface area (Å²) in [5.41, 5.74) is 1.40. The SMILES string of the molecule is COC(=O)N1CC[C@@H](c2nc3c(F)cc(-c4nc(NC5CCC(F)(F)C[C@@H]5O)ncc4Cl)cc3n2C(C)C)C1. The number of carbonyl (C=O) groups excluding carboxylic acids is 1. The Kier molecular flexibility index (Phi) is 7.36. The predicted octanol–water partition coefficient (Wildman–Crippen LogP) is 5.38. The number of aliphatic hydroxyl groups is 1. The van der Waals surface area contributed by atoms with Crippen molar-refractivity contribution in [2.75, 3.05) is 25.5 Å². The topological polar surface area (TPSA) is 105 Å². The molecule has 5 rings (SSSR count). The van der Waals surface area contributed by atoms with Crippen molar-refractivity contribution in [2.45, 2.75) is 69.6 Å². The fraction of sp³-hybridized carbons (Fsp3) is 0.538. The van der Waals surface area contributed by atoms with E-state index >= 15 is 4.39 Å². The number of aromatic nitrogens is 4. The van der Waals surface area contributed by atoms with E-state index in [0.29, 0.717) is 36.4 Å². The summed E-state index contributed by atoms with van der Waals surface area (Å²) in [5.74, 6) is -2.78. The number of nitrogens with one attached hydrogen (secondary N) is 1. The number of fused-ring (bicyclic) bond motifs is 1. The molecule has 0 bridgehead atoms. The van der Waals surface area contributed by atoms with Crippen molar-refractivity contribution in [2.24, 2.45) is 0 Å². The van der Waals surface area contributed by atoms with Gasteiger partial charge in [-0.15, -0.1) is 0 Å². The number of hydrogen-bond acceptors (Lipinski definition) is 7. The molecule has 2 aliphatic rings. The zero-order chi connectivity index (χ0) is 28.1. The van der Waals surface area contributed by atoms with Gasteiger partial charge in [-0.1, -0.05) is 11.6 Å². The van der Waals surface area contributed by atoms with Crippen LogP contribution in [0.3, 0.4) is 0 Å². The number of imidazole rings is 1. The predicted molar refractivity (Wildman–Crippen MR) is 140 cm³/mol. The molecule has 1 saturated heterocycles. The van der Waals surface area contributed by atoms with Gasteiger partial charge in [0.25, 0.3) is 5.92 Å². The van der Waals surface area contributed by atoms with E-state index < -0.39 is 36.4 Å². The second-order valence-electron chi connectivity index (χ2n) is 10.5. The van der Waals surface area contributed by atoms with Crippen LogP contribution in [-0.2, 0) is 4.74 Å². The van der Waals surface area contributed by atoms with E-state index in [-0.39, 0.29) is 47.0 Å². The van der Waals surface area contributed by atoms with Crippen LogP contribution in [0.4, 0.5) is 23.9 Å². The minimum absolute atomic E-state index is 0.0427. The van der Waals surface area contributed by atoms with Gasteiger partial charge >= 0.3 is 6.09 Å². The number of aliphatic hydroxyl groups excluding tert-OH is 1. The van der Waals surface area contributed by atoms with Gasteiger partial charge in [-0.3, -0.25) is 0 Å². The average Bonchev–Trinajstić information content (AvgIpc) is 3.51. The number of rotatable bonds is 5. The first-order valence-corrected chi connectivity index (χ1v) is 13.2. The minimum Gasteiger partial charge on any atom is -0.453 e. The average molecular weight is 567 g/mol. The van der Waals surface area contributed by atoms with Crippen LogP contribution in [0, 0.1) is 5.82 Å². The van der Waals surface area contributed by atoms with E-state index in [0.717, 1.165) is 0 Å². The summed E-state index contributed by atoms with van der Waals surface area (Å²) in [5, 5.41) is 13.3. The number of benzene rings is 1. The maximum Gasteiger partial charge on any atom is 0.409 e. The molecule has 3 heterocycles. The monoisotopic (exact) mass is 566 g/mol. The zero-order valence-electron chi connectivity index (χ0n) is 21.8. The van der Waals surface area contributed by atoms with Gasteiger partial charge in [-0.25, -0.2) is 32.9 Å². The van der Waals surface area contributed by atoms with E-state index in [2.05, 4.69) is 20.3 Å². The number of ether oxygens (including phenoxy) is 1. The largest absolute Gasteiger partial charge is 0.453 e. The molecule has 0 spiro atoms. The molecule has 39 heavy (non-hydrogen) atoms. The summed E-state index contributed by atoms with van der Waals surface area (Å²) in [7, 11) is 1.34. The number of halogens is 4. The molecule has 210 valence electrons. The Morgan fingerprint density at radius 1 is 1.28 bits per heavy atom. The molecule has 1 aliphatic carbocycles. The summed E-state index contributed by atoms with van der Waals surface area (Å²) in [4.78, 5) is 26.8. The van der Waals surface area contributed by atoms with Gasteiger partial charge in [0.05, 0.1) is 41.7 Å². The van der Waals surface area contributed by atoms with Crippen LogP contribution >= 0.6 is 11.6 Å². The first-order valence-electron chi connectivity index (χ1n) is 12.9. The second-order valence-corrected chi connectivity index (χ2v) is 10.9. The highest BCUT2D eigenvalue weighted by molar-refractivity contribution is 6.33. The Morgan fingerprint density at radius 3 is 2.74 bits per heavy atom. The second kappa shape index (κ2) is 10.5. The molecule has 9 nitrogen and oxygen atoms in total. The third-order valence-electron chi connectivity index (χ3n) is 7.40. The van der Waals surface area contributed by atoms with E-state index in [1.807, 2.05) is 18.4 Å². The normalized spacial score (nSPS) is 23.0. The highest BCUT2D eigenvalue weighted by Gasteiger charge is 2.41. The molecule has 2 aromatic heterocycles. The molecule has 3 atom stereocenters. The Morgan fingerprint density at radius 2 is 2.05 bits per heavy atom. The molecule has 1 aromatic carbocycles. The smallest absolute Gasteiger partial charge is 0.409 e. The summed E-state index contributed by atoms with van der Waals surface area (Å²) >= 11 is 6.42. The van der Waals surface area contributed by atoms with E-state index in [9.17, 15) is 18.7 Å². The Bertz CT molecular complexity index is 1400. The quantitative estimate of drug-likeness (QED) is 0.427. The van der Waals surface area contributed by atoms with Crippen molar-refractivity contribution in [3.8, 4) is 11.3 Å². The van der Waals surface area contributed by atoms with Gasteiger partial charge in [0, 0.05) is 43.5 Å². The number of amides is 1. The van der Waals surface area contributed by atoms with Crippen LogP contribution < -0.4 is 5.32 Å². The molecule has 2 fully saturated rings. The number of methoxy groups -OCH3 is 1. The Balaban J connectivity index is 1.49. The van der Waals surface area contributed by atoms with E-state index in [1.165, 1.54) is 19.4 Å². The van der Waals surface area contributed by atoms with Gasteiger partial charge in [0.2, 0.25) is 5.95 Å². The van der Waals surface area contributed by atoms with Crippen molar-refractivity contribution in [3.05, 3.63) is 35.0 Å². The third-order valence-corrected chi connectivity index (χ3v) is 7.68. The summed E-state index contributed by atoms with van der Waals surface area (Å²) in [6.45, 7) is 4.89. The molecule has 1 saturated carbocycles. The van der Waals surface area contributed by atoms with Crippen molar-refractivity contribution < 1.29 is 27.8 Å². The lowest BCUT2D eigenvalue weighted by atomic mass is 9.90. The highest BCUT2D eigenvalue weighted by Crippen LogP contribution is 2.37. The Hall–Kier alpha value is -3.12. The van der Waals surface area contributed by atoms with Gasteiger partial charge in [-0.2, -0.15) is 0 Å². The summed E-state index contributed by atoms with van der Waals surface area (Å²) < 4.78 is 49.6. The summed E-state index contributed by atoms with van der Waals surface area (Å²) in [6, 6.07) is 2.35. The van der Waals surface area contributed by atoms with Crippen LogP contribution in [0.5, 0.6) is 0 Å². The Labute approximate surface area is 228 Å². The minimum atomic E-state index is -2.91. The molecule has 13 heteroatoms. The molecule has 3 aromatic rings. The molecule has 1 unspecified atom stereocenters. The van der Waals surface area contributed by atoms with Crippen LogP contribution in [0.15, 0.2) is 18.3 Å². The number of likely N-dealkylation sites (tertiary alicyclic amines) is 1. The molecular weight excluding hydrogens is 537 g/mol. The van der Waals surface area contributed by atoms with Gasteiger partial charge in [-0.05, 0) is 38.8 Å². The molecule has 1 amide bonds. The van der Waals surface area contributed by atoms with Gasteiger partial charge < -0.3 is 24.6 Å². The van der Waals surface area contributed by atoms with Crippen molar-refractivity contribution in [1.82, 2.24) is 24.4 Å². The van der Waals surface area contributed by atoms with Gasteiger partial charge in [0.1, 0.15) is 11.3 Å². The van der Waals surface area contributed by atoms with Crippen LogP contribution in [0.1, 0.15) is 57.3 Å². The van der Waals surface area contributed by atoms with Crippen molar-refractivity contribution in [1.29, 1.82) is 0 Å². The fourth-order valence-corrected chi connectivity index (χ4v) is 5.69. The number of alkyl halides is 2. The number of carbonyl (C=O) groups is 1. The highest BCUT2D eigenvalue weighted by atomic mass is 35.5. The number of anilines is 1. The zero-order valence-corrected chi connectivity index (χ0v) is 22.6. The van der Waals surface area contributed by atoms with Crippen LogP contribution in [0.25, 0.3) is 22.3 Å². The van der Waals surface area contributed by atoms with Crippen LogP contribution in [-0.4, -0.2) is 73.9 Å². The van der Waals surface area contributed by atoms with E-state index in [4.69, 9.17) is 16.3 Å². The first-order chi connectivity index (χ1) is 18.5. The third kappa shape index (κ3) is 5.36. The van der Waals surface area contributed by atoms with Crippen LogP contribution in [0.2, 0.25) is 5.02 Å². The molecule has 2 N–H and O–H groups in total. The molecule has 1 aliphatic heterocycles. The molecule has 0 radical (unpaired) electrons. The molecular formula is C26H30ClF3N6O3. The standard InChI is InChI=1S/C26H30ClF3N6O3/c1-13(2)36-19-9-15(8-17(28)22(19)33-23(36)14-5-7-35(12-14)25(38)39-3)21-16(27)11-31-24(34-21)32-18-4-6-26(29,30)10-20(18)37/h8-9,11,13-14,18,20,37H,4-7,10,12H2,1-3H3,(H,31,32,34)/t14-,18?,20+/m1/s1. The van der Waals surface area contributed by atoms with Crippen molar-refractivity contribution in [3.63, 3.8) is 0 Å². The lowest BCUT2D eigenvalue weighted by Gasteiger charge is -2.33. The summed E-state index contributed by atoms with van der Waals surface area (Å²) in [6.07, 6.45) is -0.614. The maximum atomic E-state index is 15.5. The maximum absolute atomic E-state index is 15.5. The van der Waals surface area contributed by atoms with Gasteiger partial charge in [0.15, 0.2) is 5.82 Å². The van der Waals surface area contributed by atoms with Crippen molar-refractivity contribution >= 4 is 34.7 Å². The number of nitrogens with zero attached hydrogens (tertiary/aromatic N) is 5. The lowest BCUT2D eigenvalue weighted by Crippen LogP contribution is -2.44. The van der Waals surface area contributed by atoms with E-state index in [1.54, 1.807) is 11.0 Å². The first kappa shape index (κ1) is 27.4. The fourth-order valence-electron chi connectivity index (χ4n) is 5.49.